The zero-order valence-electron chi connectivity index (χ0n) is 8.09. The van der Waals surface area contributed by atoms with Crippen LogP contribution in [0.15, 0.2) is 0 Å². The molecule has 0 heterocycles. The molecule has 0 bridgehead atoms. The standard InChI is InChI=1S/C10H21NO/c1-2-6-12-8-10(11)7-9-4-3-5-9/h9-10H,2-8,11H2,1H3. The smallest absolute Gasteiger partial charge is 0.0617 e. The van der Waals surface area contributed by atoms with Crippen molar-refractivity contribution in [3.63, 3.8) is 0 Å². The van der Waals surface area contributed by atoms with Crippen molar-refractivity contribution in [1.82, 2.24) is 0 Å². The number of rotatable bonds is 6. The summed E-state index contributed by atoms with van der Waals surface area (Å²) in [5, 5.41) is 0. The van der Waals surface area contributed by atoms with Crippen LogP contribution in [-0.2, 0) is 4.74 Å². The molecule has 0 aromatic rings. The summed E-state index contributed by atoms with van der Waals surface area (Å²) in [5.74, 6) is 0.908. The van der Waals surface area contributed by atoms with Gasteiger partial charge in [0.1, 0.15) is 0 Å². The Hall–Kier alpha value is -0.0800. The molecule has 1 aliphatic carbocycles. The number of hydrogen-bond donors (Lipinski definition) is 1. The molecule has 2 N–H and O–H groups in total. The maximum atomic E-state index is 5.90. The van der Waals surface area contributed by atoms with Crippen LogP contribution >= 0.6 is 0 Å². The van der Waals surface area contributed by atoms with Gasteiger partial charge < -0.3 is 10.5 Å². The molecule has 1 rings (SSSR count). The first kappa shape index (κ1) is 10.0. The van der Waals surface area contributed by atoms with Crippen molar-refractivity contribution in [1.29, 1.82) is 0 Å². The van der Waals surface area contributed by atoms with Gasteiger partial charge in [0.15, 0.2) is 0 Å². The van der Waals surface area contributed by atoms with Gasteiger partial charge in [0.05, 0.1) is 6.61 Å². The third-order valence-corrected chi connectivity index (χ3v) is 2.54. The van der Waals surface area contributed by atoms with Crippen LogP contribution in [0.3, 0.4) is 0 Å². The van der Waals surface area contributed by atoms with E-state index in [0.29, 0.717) is 0 Å². The molecule has 1 aliphatic rings. The Kier molecular flexibility index (Phi) is 4.62. The van der Waals surface area contributed by atoms with Gasteiger partial charge >= 0.3 is 0 Å². The normalized spacial score (nSPS) is 20.5. The van der Waals surface area contributed by atoms with Crippen molar-refractivity contribution in [3.05, 3.63) is 0 Å². The molecule has 0 radical (unpaired) electrons. The van der Waals surface area contributed by atoms with Gasteiger partial charge in [-0.1, -0.05) is 26.2 Å². The van der Waals surface area contributed by atoms with Crippen LogP contribution in [0.1, 0.15) is 39.0 Å². The fourth-order valence-electron chi connectivity index (χ4n) is 1.60. The van der Waals surface area contributed by atoms with Crippen molar-refractivity contribution in [3.8, 4) is 0 Å². The number of hydrogen-bond acceptors (Lipinski definition) is 2. The summed E-state index contributed by atoms with van der Waals surface area (Å²) in [7, 11) is 0. The minimum absolute atomic E-state index is 0.279. The van der Waals surface area contributed by atoms with Gasteiger partial charge in [-0.2, -0.15) is 0 Å². The minimum Gasteiger partial charge on any atom is -0.380 e. The third-order valence-electron chi connectivity index (χ3n) is 2.54. The molecule has 0 amide bonds. The number of nitrogens with two attached hydrogens (primary N) is 1. The largest absolute Gasteiger partial charge is 0.380 e. The summed E-state index contributed by atoms with van der Waals surface area (Å²) < 4.78 is 5.39. The average Bonchev–Trinajstić information content (AvgIpc) is 1.98. The molecular formula is C10H21NO. The molecule has 0 saturated heterocycles. The maximum Gasteiger partial charge on any atom is 0.0617 e. The van der Waals surface area contributed by atoms with E-state index in [1.807, 2.05) is 0 Å². The second kappa shape index (κ2) is 5.55. The van der Waals surface area contributed by atoms with Crippen molar-refractivity contribution in [2.24, 2.45) is 11.7 Å². The number of ether oxygens (including phenoxy) is 1. The monoisotopic (exact) mass is 171 g/mol. The van der Waals surface area contributed by atoms with E-state index in [2.05, 4.69) is 6.92 Å². The summed E-state index contributed by atoms with van der Waals surface area (Å²) in [6, 6.07) is 0.279. The molecule has 0 spiro atoms. The van der Waals surface area contributed by atoms with E-state index < -0.39 is 0 Å². The zero-order chi connectivity index (χ0) is 8.81. The first-order valence-electron chi connectivity index (χ1n) is 5.16. The second-order valence-electron chi connectivity index (χ2n) is 3.87. The van der Waals surface area contributed by atoms with Gasteiger partial charge in [-0.15, -0.1) is 0 Å². The Morgan fingerprint density at radius 2 is 2.25 bits per heavy atom. The minimum atomic E-state index is 0.279. The molecule has 1 unspecified atom stereocenters. The van der Waals surface area contributed by atoms with Crippen LogP contribution in [0.25, 0.3) is 0 Å². The highest BCUT2D eigenvalue weighted by Gasteiger charge is 2.19. The Morgan fingerprint density at radius 1 is 1.50 bits per heavy atom. The van der Waals surface area contributed by atoms with Crippen molar-refractivity contribution < 1.29 is 4.74 Å². The molecule has 1 atom stereocenters. The molecule has 1 saturated carbocycles. The zero-order valence-corrected chi connectivity index (χ0v) is 8.09. The second-order valence-corrected chi connectivity index (χ2v) is 3.87. The molecule has 2 nitrogen and oxygen atoms in total. The average molecular weight is 171 g/mol. The maximum absolute atomic E-state index is 5.90. The first-order chi connectivity index (χ1) is 5.83. The van der Waals surface area contributed by atoms with E-state index in [0.717, 1.165) is 25.6 Å². The summed E-state index contributed by atoms with van der Waals surface area (Å²) in [4.78, 5) is 0. The fourth-order valence-corrected chi connectivity index (χ4v) is 1.60. The predicted octanol–water partition coefficient (Wildman–Crippen LogP) is 1.93. The van der Waals surface area contributed by atoms with E-state index in [1.54, 1.807) is 0 Å². The quantitative estimate of drug-likeness (QED) is 0.620. The summed E-state index contributed by atoms with van der Waals surface area (Å²) in [6.07, 6.45) is 6.45. The molecule has 2 heteroatoms. The van der Waals surface area contributed by atoms with Crippen LogP contribution in [-0.4, -0.2) is 19.3 Å². The molecule has 12 heavy (non-hydrogen) atoms. The SMILES string of the molecule is CCCOCC(N)CC1CCC1. The Morgan fingerprint density at radius 3 is 2.75 bits per heavy atom. The van der Waals surface area contributed by atoms with Crippen molar-refractivity contribution >= 4 is 0 Å². The van der Waals surface area contributed by atoms with E-state index in [4.69, 9.17) is 10.5 Å². The Labute approximate surface area is 75.5 Å². The molecule has 0 aromatic heterocycles. The van der Waals surface area contributed by atoms with Gasteiger partial charge in [-0.3, -0.25) is 0 Å². The lowest BCUT2D eigenvalue weighted by atomic mass is 9.81. The summed E-state index contributed by atoms with van der Waals surface area (Å²) in [5.41, 5.74) is 5.90. The highest BCUT2D eigenvalue weighted by molar-refractivity contribution is 4.74. The van der Waals surface area contributed by atoms with Crippen LogP contribution in [0.4, 0.5) is 0 Å². The van der Waals surface area contributed by atoms with Gasteiger partial charge in [0.2, 0.25) is 0 Å². The highest BCUT2D eigenvalue weighted by Crippen LogP contribution is 2.29. The van der Waals surface area contributed by atoms with Gasteiger partial charge in [0, 0.05) is 12.6 Å². The van der Waals surface area contributed by atoms with Gasteiger partial charge in [0.25, 0.3) is 0 Å². The molecule has 0 aromatic carbocycles. The van der Waals surface area contributed by atoms with E-state index >= 15 is 0 Å². The van der Waals surface area contributed by atoms with Crippen LogP contribution < -0.4 is 5.73 Å². The lowest BCUT2D eigenvalue weighted by Crippen LogP contribution is -2.31. The van der Waals surface area contributed by atoms with Gasteiger partial charge in [-0.25, -0.2) is 0 Å². The Bertz CT molecular complexity index is 112. The molecule has 1 fully saturated rings. The van der Waals surface area contributed by atoms with Crippen molar-refractivity contribution in [2.75, 3.05) is 13.2 Å². The predicted molar refractivity (Wildman–Crippen MR) is 51.0 cm³/mol. The van der Waals surface area contributed by atoms with Crippen LogP contribution in [0.5, 0.6) is 0 Å². The molecule has 0 aliphatic heterocycles. The highest BCUT2D eigenvalue weighted by atomic mass is 16.5. The lowest BCUT2D eigenvalue weighted by Gasteiger charge is -2.27. The lowest BCUT2D eigenvalue weighted by molar-refractivity contribution is 0.109. The Balaban J connectivity index is 1.91. The molecule has 72 valence electrons. The molecular weight excluding hydrogens is 150 g/mol. The van der Waals surface area contributed by atoms with E-state index in [-0.39, 0.29) is 6.04 Å². The summed E-state index contributed by atoms with van der Waals surface area (Å²) in [6.45, 7) is 3.74. The van der Waals surface area contributed by atoms with Crippen LogP contribution in [0.2, 0.25) is 0 Å². The third kappa shape index (κ3) is 3.55. The van der Waals surface area contributed by atoms with Gasteiger partial charge in [-0.05, 0) is 18.8 Å². The van der Waals surface area contributed by atoms with E-state index in [1.165, 1.54) is 25.7 Å². The topological polar surface area (TPSA) is 35.2 Å². The summed E-state index contributed by atoms with van der Waals surface area (Å²) >= 11 is 0. The van der Waals surface area contributed by atoms with Crippen molar-refractivity contribution in [2.45, 2.75) is 45.1 Å². The first-order valence-corrected chi connectivity index (χ1v) is 5.16. The van der Waals surface area contributed by atoms with E-state index in [9.17, 15) is 0 Å². The van der Waals surface area contributed by atoms with Crippen LogP contribution in [0, 0.1) is 5.92 Å². The fraction of sp³-hybridized carbons (Fsp3) is 1.00.